The summed E-state index contributed by atoms with van der Waals surface area (Å²) in [6.07, 6.45) is 1.89. The van der Waals surface area contributed by atoms with Crippen LogP contribution in [0.5, 0.6) is 11.5 Å². The normalized spacial score (nSPS) is 9.80. The monoisotopic (exact) mass is 211 g/mol. The van der Waals surface area contributed by atoms with E-state index in [0.29, 0.717) is 14.3 Å². The van der Waals surface area contributed by atoms with Gasteiger partial charge >= 0.3 is 7.69 Å². The molecular formula is C10H13BFO3. The highest BCUT2D eigenvalue weighted by molar-refractivity contribution is 6.17. The third-order valence-electron chi connectivity index (χ3n) is 1.85. The topological polar surface area (TPSA) is 38.7 Å². The van der Waals surface area contributed by atoms with Gasteiger partial charge in [-0.2, -0.15) is 0 Å². The molecule has 1 radical (unpaired) electrons. The molecule has 0 fully saturated rings. The second-order valence-electron chi connectivity index (χ2n) is 3.02. The van der Waals surface area contributed by atoms with Crippen molar-refractivity contribution in [3.8, 4) is 11.5 Å². The van der Waals surface area contributed by atoms with Crippen molar-refractivity contribution >= 4 is 7.69 Å². The van der Waals surface area contributed by atoms with E-state index in [0.717, 1.165) is 18.9 Å². The first-order chi connectivity index (χ1) is 7.27. The van der Waals surface area contributed by atoms with E-state index in [1.807, 2.05) is 6.92 Å². The fraction of sp³-hybridized carbons (Fsp3) is 0.400. The van der Waals surface area contributed by atoms with E-state index in [1.54, 1.807) is 0 Å². The molecule has 1 aromatic rings. The Morgan fingerprint density at radius 2 is 2.27 bits per heavy atom. The van der Waals surface area contributed by atoms with Crippen LogP contribution in [-0.2, 0) is 0 Å². The van der Waals surface area contributed by atoms with Crippen LogP contribution in [0.1, 0.15) is 19.8 Å². The molecule has 0 unspecified atom stereocenters. The second kappa shape index (κ2) is 6.29. The van der Waals surface area contributed by atoms with Crippen molar-refractivity contribution in [1.82, 2.24) is 0 Å². The molecule has 1 aromatic carbocycles. The second-order valence-corrected chi connectivity index (χ2v) is 3.02. The molecule has 0 atom stereocenters. The van der Waals surface area contributed by atoms with Gasteiger partial charge in [-0.05, 0) is 18.6 Å². The first-order valence-electron chi connectivity index (χ1n) is 4.82. The number of hydrogen-bond donors (Lipinski definition) is 1. The van der Waals surface area contributed by atoms with E-state index in [-0.39, 0.29) is 11.5 Å². The molecule has 5 heteroatoms. The van der Waals surface area contributed by atoms with Gasteiger partial charge in [-0.15, -0.1) is 0 Å². The van der Waals surface area contributed by atoms with Gasteiger partial charge in [-0.1, -0.05) is 13.3 Å². The van der Waals surface area contributed by atoms with Gasteiger partial charge in [0.25, 0.3) is 0 Å². The van der Waals surface area contributed by atoms with Crippen LogP contribution in [0.25, 0.3) is 0 Å². The largest absolute Gasteiger partial charge is 0.569 e. The summed E-state index contributed by atoms with van der Waals surface area (Å²) >= 11 is 0. The first-order valence-corrected chi connectivity index (χ1v) is 4.82. The number of ether oxygens (including phenoxy) is 1. The lowest BCUT2D eigenvalue weighted by molar-refractivity contribution is 0.293. The van der Waals surface area contributed by atoms with Gasteiger partial charge in [0.15, 0.2) is 11.6 Å². The number of halogens is 1. The number of unbranched alkanes of at least 4 members (excludes halogenated alkanes) is 1. The summed E-state index contributed by atoms with van der Waals surface area (Å²) < 4.78 is 23.1. The molecule has 0 aliphatic heterocycles. The zero-order valence-electron chi connectivity index (χ0n) is 8.57. The summed E-state index contributed by atoms with van der Waals surface area (Å²) in [6.45, 7) is 2.54. The molecular weight excluding hydrogens is 198 g/mol. The van der Waals surface area contributed by atoms with E-state index >= 15 is 0 Å². The van der Waals surface area contributed by atoms with Gasteiger partial charge < -0.3 is 14.4 Å². The van der Waals surface area contributed by atoms with Crippen LogP contribution in [0.4, 0.5) is 4.39 Å². The Bertz CT molecular complexity index is 307. The lowest BCUT2D eigenvalue weighted by Gasteiger charge is -2.08. The van der Waals surface area contributed by atoms with Crippen LogP contribution in [0, 0.1) is 5.82 Å². The molecule has 0 aliphatic carbocycles. The molecule has 0 saturated carbocycles. The maximum Gasteiger partial charge on any atom is 0.569 e. The molecule has 1 N–H and O–H groups in total. The Balaban J connectivity index is 2.58. The van der Waals surface area contributed by atoms with Crippen molar-refractivity contribution in [2.75, 3.05) is 6.61 Å². The molecule has 3 nitrogen and oxygen atoms in total. The van der Waals surface area contributed by atoms with E-state index in [9.17, 15) is 4.39 Å². The average Bonchev–Trinajstić information content (AvgIpc) is 2.22. The predicted molar refractivity (Wildman–Crippen MR) is 55.4 cm³/mol. The highest BCUT2D eigenvalue weighted by Gasteiger charge is 2.05. The van der Waals surface area contributed by atoms with Crippen LogP contribution in [0.15, 0.2) is 18.2 Å². The highest BCUT2D eigenvalue weighted by atomic mass is 19.1. The first kappa shape index (κ1) is 11.8. The molecule has 0 aliphatic rings. The Labute approximate surface area is 89.1 Å². The summed E-state index contributed by atoms with van der Waals surface area (Å²) in [7, 11) is 0.506. The van der Waals surface area contributed by atoms with Crippen LogP contribution >= 0.6 is 0 Å². The van der Waals surface area contributed by atoms with Crippen molar-refractivity contribution in [2.45, 2.75) is 19.8 Å². The Morgan fingerprint density at radius 1 is 1.47 bits per heavy atom. The van der Waals surface area contributed by atoms with E-state index < -0.39 is 5.82 Å². The van der Waals surface area contributed by atoms with E-state index in [2.05, 4.69) is 4.65 Å². The Hall–Kier alpha value is -1.23. The zero-order chi connectivity index (χ0) is 11.1. The summed E-state index contributed by atoms with van der Waals surface area (Å²) in [6, 6.07) is 4.16. The SMILES string of the molecule is CCCCOc1ccc(O[B]O)cc1F. The van der Waals surface area contributed by atoms with Gasteiger partial charge in [0, 0.05) is 6.07 Å². The maximum absolute atomic E-state index is 13.3. The molecule has 0 saturated heterocycles. The van der Waals surface area contributed by atoms with Crippen LogP contribution in [0.2, 0.25) is 0 Å². The minimum Gasteiger partial charge on any atom is -0.537 e. The van der Waals surface area contributed by atoms with Crippen LogP contribution in [0.3, 0.4) is 0 Å². The van der Waals surface area contributed by atoms with Gasteiger partial charge in [-0.25, -0.2) is 4.39 Å². The smallest absolute Gasteiger partial charge is 0.537 e. The van der Waals surface area contributed by atoms with Gasteiger partial charge in [0.05, 0.1) is 6.61 Å². The van der Waals surface area contributed by atoms with Crippen molar-refractivity contribution in [3.63, 3.8) is 0 Å². The summed E-state index contributed by atoms with van der Waals surface area (Å²) in [5, 5.41) is 8.35. The summed E-state index contributed by atoms with van der Waals surface area (Å²) in [4.78, 5) is 0. The fourth-order valence-electron chi connectivity index (χ4n) is 1.06. The van der Waals surface area contributed by atoms with Crippen LogP contribution < -0.4 is 9.39 Å². The number of hydrogen-bond acceptors (Lipinski definition) is 3. The van der Waals surface area contributed by atoms with Crippen molar-refractivity contribution in [1.29, 1.82) is 0 Å². The van der Waals surface area contributed by atoms with Gasteiger partial charge in [-0.3, -0.25) is 0 Å². The molecule has 0 amide bonds. The van der Waals surface area contributed by atoms with E-state index in [1.165, 1.54) is 12.1 Å². The third-order valence-corrected chi connectivity index (χ3v) is 1.85. The quantitative estimate of drug-likeness (QED) is 0.576. The molecule has 0 spiro atoms. The van der Waals surface area contributed by atoms with Gasteiger partial charge in [0.2, 0.25) is 0 Å². The summed E-state index contributed by atoms with van der Waals surface area (Å²) in [5.41, 5.74) is 0. The predicted octanol–water partition coefficient (Wildman–Crippen LogP) is 1.91. The number of benzene rings is 1. The minimum atomic E-state index is -0.495. The zero-order valence-corrected chi connectivity index (χ0v) is 8.57. The van der Waals surface area contributed by atoms with Crippen molar-refractivity contribution in [2.24, 2.45) is 0 Å². The van der Waals surface area contributed by atoms with E-state index in [4.69, 9.17) is 9.76 Å². The highest BCUT2D eigenvalue weighted by Crippen LogP contribution is 2.22. The Kier molecular flexibility index (Phi) is 4.97. The lowest BCUT2D eigenvalue weighted by atomic mass is 10.3. The van der Waals surface area contributed by atoms with Crippen molar-refractivity contribution in [3.05, 3.63) is 24.0 Å². The minimum absolute atomic E-state index is 0.203. The standard InChI is InChI=1S/C10H13BFO3/c1-2-3-6-14-10-5-4-8(15-11-13)7-9(10)12/h4-5,7,13H,2-3,6H2,1H3. The fourth-order valence-corrected chi connectivity index (χ4v) is 1.06. The molecule has 81 valence electrons. The molecule has 0 bridgehead atoms. The van der Waals surface area contributed by atoms with Gasteiger partial charge in [0.1, 0.15) is 5.75 Å². The molecule has 15 heavy (non-hydrogen) atoms. The van der Waals surface area contributed by atoms with Crippen LogP contribution in [-0.4, -0.2) is 19.3 Å². The maximum atomic E-state index is 13.3. The Morgan fingerprint density at radius 3 is 2.87 bits per heavy atom. The lowest BCUT2D eigenvalue weighted by Crippen LogP contribution is -2.02. The van der Waals surface area contributed by atoms with Crippen molar-refractivity contribution < 1.29 is 18.8 Å². The average molecular weight is 211 g/mol. The summed E-state index contributed by atoms with van der Waals surface area (Å²) in [5.74, 6) is -0.0583. The third kappa shape index (κ3) is 3.79. The molecule has 0 aromatic heterocycles. The molecule has 1 rings (SSSR count). The number of rotatable bonds is 6. The molecule has 0 heterocycles.